The smallest absolute Gasteiger partial charge is 0.305 e. The molecule has 20 atom stereocenters. The van der Waals surface area contributed by atoms with Crippen molar-refractivity contribution in [2.24, 2.45) is 20.5 Å². The molecule has 460 valence electrons. The van der Waals surface area contributed by atoms with E-state index in [4.69, 9.17) is 61.6 Å². The monoisotopic (exact) mass is 1190 g/mol. The second kappa shape index (κ2) is 33.3. The van der Waals surface area contributed by atoms with E-state index in [0.29, 0.717) is 19.3 Å². The van der Waals surface area contributed by atoms with Gasteiger partial charge in [0.05, 0.1) is 88.2 Å². The van der Waals surface area contributed by atoms with Gasteiger partial charge in [-0.15, -0.1) is 0 Å². The SMILES string of the molecule is COC(=O)CCCCCO[C@H]1O[C@H](C)[C@@H](N=[N+]=[N-])[C@H](O[C@H]2O[C@H](C)[C@@H](N=[N+]=[N-])[C@H](O[C@H]3O[C@H](C)[C@@H](N=[N+]=[N-])[C@H](OCc4ccccc4)[C@@H]3O[C@H]3O[C@H](C)[C@@H](N=[N+]=[N-])[C@H](O)[C@@H]3OCc3ccccc3)[C@@H]2OCc2ccccc2)[C@@H]1OCc1ccccc1. The molecule has 4 aromatic rings. The van der Waals surface area contributed by atoms with Crippen LogP contribution in [0.3, 0.4) is 0 Å². The Morgan fingerprint density at radius 3 is 1.20 bits per heavy atom. The number of aliphatic hydroxyl groups excluding tert-OH is 1. The first-order chi connectivity index (χ1) is 41.9. The van der Waals surface area contributed by atoms with E-state index in [-0.39, 0.29) is 45.4 Å². The maximum Gasteiger partial charge on any atom is 0.305 e. The Hall–Kier alpha value is -6.93. The first-order valence-electron chi connectivity index (χ1n) is 28.7. The van der Waals surface area contributed by atoms with Crippen molar-refractivity contribution in [1.82, 2.24) is 0 Å². The summed E-state index contributed by atoms with van der Waals surface area (Å²) >= 11 is 0. The van der Waals surface area contributed by atoms with Crippen LogP contribution in [0.1, 0.15) is 75.6 Å². The second-order valence-corrected chi connectivity index (χ2v) is 21.2. The zero-order chi connectivity index (χ0) is 60.8. The molecule has 0 aliphatic carbocycles. The van der Waals surface area contributed by atoms with E-state index in [1.807, 2.05) is 121 Å². The third-order valence-electron chi connectivity index (χ3n) is 15.3. The highest BCUT2D eigenvalue weighted by Crippen LogP contribution is 2.40. The van der Waals surface area contributed by atoms with Crippen molar-refractivity contribution in [3.05, 3.63) is 185 Å². The number of benzene rings is 4. The third kappa shape index (κ3) is 17.4. The number of nitrogens with zero attached hydrogens (tertiary/aromatic N) is 12. The molecular weight excluding hydrogens is 1120 g/mol. The number of unbranched alkanes of at least 4 members (excludes halogenated alkanes) is 2. The van der Waals surface area contributed by atoms with E-state index in [0.717, 1.165) is 22.3 Å². The number of esters is 1. The van der Waals surface area contributed by atoms with Gasteiger partial charge in [0.15, 0.2) is 25.2 Å². The summed E-state index contributed by atoms with van der Waals surface area (Å²) in [5, 5.41) is 28.5. The van der Waals surface area contributed by atoms with Gasteiger partial charge in [0.2, 0.25) is 0 Å². The molecule has 4 heterocycles. The quantitative estimate of drug-likeness (QED) is 0.0174. The first kappa shape index (κ1) is 65.1. The zero-order valence-corrected chi connectivity index (χ0v) is 48.5. The molecule has 0 radical (unpaired) electrons. The van der Waals surface area contributed by atoms with Crippen molar-refractivity contribution >= 4 is 5.97 Å². The van der Waals surface area contributed by atoms with Crippen LogP contribution in [0.25, 0.3) is 41.8 Å². The highest BCUT2D eigenvalue weighted by molar-refractivity contribution is 5.68. The summed E-state index contributed by atoms with van der Waals surface area (Å²) in [4.78, 5) is 24.5. The molecule has 0 aromatic heterocycles. The molecule has 1 N–H and O–H groups in total. The fourth-order valence-corrected chi connectivity index (χ4v) is 10.9. The molecule has 4 aliphatic rings. The van der Waals surface area contributed by atoms with Gasteiger partial charge in [0.1, 0.15) is 42.7 Å². The summed E-state index contributed by atoms with van der Waals surface area (Å²) in [7, 11) is 1.35. The Balaban J connectivity index is 1.20. The molecule has 4 aromatic carbocycles. The largest absolute Gasteiger partial charge is 0.469 e. The number of azide groups is 4. The Morgan fingerprint density at radius 2 is 0.767 bits per heavy atom. The maximum absolute atomic E-state index is 12.0. The topological polar surface area (TPSA) is 352 Å². The fourth-order valence-electron chi connectivity index (χ4n) is 10.9. The predicted octanol–water partition coefficient (Wildman–Crippen LogP) is 10.3. The molecule has 4 saturated heterocycles. The van der Waals surface area contributed by atoms with Crippen molar-refractivity contribution in [3.8, 4) is 0 Å². The molecule has 4 aliphatic heterocycles. The van der Waals surface area contributed by atoms with Crippen LogP contribution in [0.2, 0.25) is 0 Å². The van der Waals surface area contributed by atoms with Gasteiger partial charge >= 0.3 is 5.97 Å². The number of carbonyl (C=O) groups is 1. The fraction of sp³-hybridized carbons (Fsp3) is 0.576. The van der Waals surface area contributed by atoms with Crippen LogP contribution >= 0.6 is 0 Å². The Kier molecular flexibility index (Phi) is 25.2. The molecule has 0 amide bonds. The third-order valence-corrected chi connectivity index (χ3v) is 15.3. The van der Waals surface area contributed by atoms with Gasteiger partial charge in [-0.2, -0.15) is 0 Å². The number of aliphatic hydroxyl groups is 1. The van der Waals surface area contributed by atoms with E-state index < -0.39 is 123 Å². The summed E-state index contributed by atoms with van der Waals surface area (Å²) in [6.45, 7) is 6.83. The van der Waals surface area contributed by atoms with Crippen molar-refractivity contribution < 1.29 is 71.5 Å². The van der Waals surface area contributed by atoms with Crippen LogP contribution in [-0.2, 0) is 92.8 Å². The lowest BCUT2D eigenvalue weighted by molar-refractivity contribution is -0.379. The molecule has 27 nitrogen and oxygen atoms in total. The van der Waals surface area contributed by atoms with Crippen LogP contribution in [0.4, 0.5) is 0 Å². The van der Waals surface area contributed by atoms with Crippen LogP contribution in [0, 0.1) is 0 Å². The lowest BCUT2D eigenvalue weighted by Crippen LogP contribution is -2.67. The maximum atomic E-state index is 12.0. The molecular formula is C59H74N12O15. The normalized spacial score (nSPS) is 32.5. The summed E-state index contributed by atoms with van der Waals surface area (Å²) < 4.78 is 85.8. The Morgan fingerprint density at radius 1 is 0.430 bits per heavy atom. The van der Waals surface area contributed by atoms with E-state index in [2.05, 4.69) is 40.1 Å². The van der Waals surface area contributed by atoms with E-state index >= 15 is 0 Å². The molecule has 86 heavy (non-hydrogen) atoms. The molecule has 8 rings (SSSR count). The van der Waals surface area contributed by atoms with E-state index in [1.54, 1.807) is 27.7 Å². The zero-order valence-electron chi connectivity index (χ0n) is 48.5. The summed E-state index contributed by atoms with van der Waals surface area (Å²) in [6.07, 6.45) is -17.6. The molecule has 0 saturated carbocycles. The average Bonchev–Trinajstić information content (AvgIpc) is 2.61. The Labute approximate surface area is 497 Å². The van der Waals surface area contributed by atoms with Crippen molar-refractivity contribution in [2.75, 3.05) is 13.7 Å². The number of carbonyl (C=O) groups excluding carboxylic acids is 1. The summed E-state index contributed by atoms with van der Waals surface area (Å²) in [5.74, 6) is -0.312. The van der Waals surface area contributed by atoms with Crippen molar-refractivity contribution in [2.45, 2.75) is 202 Å². The van der Waals surface area contributed by atoms with Crippen LogP contribution < -0.4 is 0 Å². The molecule has 27 heteroatoms. The van der Waals surface area contributed by atoms with Crippen molar-refractivity contribution in [3.63, 3.8) is 0 Å². The standard InChI is InChI=1S/C59H74N12O15/c1-35-44(64-68-60)48(73)52(77-32-40-23-13-7-14-24-40)57(81-35)86-55-49(76-31-39-21-11-6-12-22-39)45(65-69-61)36(2)83-59(55)85-51-47(67-71-63)38(4)82-58(54(51)79-34-42-27-17-9-18-28-42)84-50-46(66-70-62)37(3)80-56(75-30-20-10-19-29-43(72)74-5)53(50)78-33-41-25-15-8-16-26-41/h6-9,11-18,21-28,35-38,44-59,73H,10,19-20,29-34H2,1-5H3/t35-,36-,37-,38-,44-,45-,46-,47-,48+,49+,50+,51+,52+,53+,54+,55+,56+,57-,58-,59-/m1/s1. The highest BCUT2D eigenvalue weighted by atomic mass is 16.8. The minimum atomic E-state index is -1.54. The molecule has 0 unspecified atom stereocenters. The lowest BCUT2D eigenvalue weighted by Gasteiger charge is -2.51. The van der Waals surface area contributed by atoms with E-state index in [1.165, 1.54) is 7.11 Å². The van der Waals surface area contributed by atoms with Gasteiger partial charge in [-0.1, -0.05) is 148 Å². The van der Waals surface area contributed by atoms with Gasteiger partial charge in [-0.05, 0) is 84.9 Å². The van der Waals surface area contributed by atoms with Gasteiger partial charge < -0.3 is 66.7 Å². The van der Waals surface area contributed by atoms with Gasteiger partial charge in [0.25, 0.3) is 0 Å². The van der Waals surface area contributed by atoms with Crippen LogP contribution in [0.5, 0.6) is 0 Å². The average molecular weight is 1190 g/mol. The van der Waals surface area contributed by atoms with Crippen LogP contribution in [-0.4, -0.2) is 147 Å². The molecule has 0 bridgehead atoms. The Bertz CT molecular complexity index is 2910. The molecule has 0 spiro atoms. The summed E-state index contributed by atoms with van der Waals surface area (Å²) in [6, 6.07) is 32.6. The van der Waals surface area contributed by atoms with Crippen molar-refractivity contribution in [1.29, 1.82) is 0 Å². The number of ether oxygens (including phenoxy) is 13. The number of hydrogen-bond donors (Lipinski definition) is 1. The highest BCUT2D eigenvalue weighted by Gasteiger charge is 2.57. The van der Waals surface area contributed by atoms with Gasteiger partial charge in [0, 0.05) is 32.7 Å². The number of methoxy groups -OCH3 is 1. The predicted molar refractivity (Wildman–Crippen MR) is 306 cm³/mol. The number of rotatable bonds is 29. The lowest BCUT2D eigenvalue weighted by atomic mass is 9.93. The van der Waals surface area contributed by atoms with Crippen LogP contribution in [0.15, 0.2) is 142 Å². The van der Waals surface area contributed by atoms with E-state index in [9.17, 15) is 32.0 Å². The molecule has 4 fully saturated rings. The number of hydrogen-bond acceptors (Lipinski definition) is 19. The van der Waals surface area contributed by atoms with Gasteiger partial charge in [-0.3, -0.25) is 4.79 Å². The second-order valence-electron chi connectivity index (χ2n) is 21.2. The minimum Gasteiger partial charge on any atom is -0.469 e. The minimum absolute atomic E-state index is 0.0163. The first-order valence-corrected chi connectivity index (χ1v) is 28.7. The van der Waals surface area contributed by atoms with Gasteiger partial charge in [-0.25, -0.2) is 0 Å². The summed E-state index contributed by atoms with van der Waals surface area (Å²) in [5.41, 5.74) is 43.2.